The molecular weight excluding hydrogens is 434 g/mol. The summed E-state index contributed by atoms with van der Waals surface area (Å²) in [5.74, 6) is -0.170. The number of imidazole rings is 1. The van der Waals surface area contributed by atoms with Gasteiger partial charge in [-0.25, -0.2) is 9.13 Å². The molecule has 146 valence electrons. The van der Waals surface area contributed by atoms with Gasteiger partial charge in [0, 0.05) is 17.7 Å². The highest BCUT2D eigenvalue weighted by atomic mass is 79.9. The Labute approximate surface area is 177 Å². The average Bonchev–Trinajstić information content (AvgIpc) is 3.06. The van der Waals surface area contributed by atoms with Crippen molar-refractivity contribution >= 4 is 22.5 Å². The van der Waals surface area contributed by atoms with Crippen LogP contribution in [0, 0.1) is 10.1 Å². The Hall–Kier alpha value is -3.32. The number of rotatable bonds is 6. The highest BCUT2D eigenvalue weighted by Gasteiger charge is 2.20. The molecule has 0 bridgehead atoms. The first-order valence-corrected chi connectivity index (χ1v) is 8.91. The van der Waals surface area contributed by atoms with Crippen LogP contribution in [0.15, 0.2) is 85.2 Å². The van der Waals surface area contributed by atoms with Crippen LogP contribution in [0.25, 0.3) is 11.0 Å². The highest BCUT2D eigenvalue weighted by molar-refractivity contribution is 5.97. The van der Waals surface area contributed by atoms with Crippen LogP contribution in [-0.2, 0) is 13.1 Å². The molecule has 0 unspecified atom stereocenters. The Morgan fingerprint density at radius 3 is 2.45 bits per heavy atom. The molecule has 1 aromatic heterocycles. The molecule has 0 N–H and O–H groups in total. The van der Waals surface area contributed by atoms with E-state index < -0.39 is 4.92 Å². The second kappa shape index (κ2) is 8.79. The molecule has 1 heterocycles. The van der Waals surface area contributed by atoms with Crippen molar-refractivity contribution in [1.82, 2.24) is 4.57 Å². The zero-order valence-electron chi connectivity index (χ0n) is 15.4. The van der Waals surface area contributed by atoms with E-state index in [1.165, 1.54) is 23.8 Å². The summed E-state index contributed by atoms with van der Waals surface area (Å²) in [5.41, 5.74) is 3.39. The number of para-hydroxylation sites is 2. The predicted molar refractivity (Wildman–Crippen MR) is 105 cm³/mol. The minimum atomic E-state index is -0.490. The normalized spacial score (nSPS) is 10.5. The van der Waals surface area contributed by atoms with Gasteiger partial charge in [0.05, 0.1) is 4.92 Å². The SMILES string of the molecule is O=C(Cn1c[n+](Cc2ccccc2)c2ccccc21)c1cccc([N+](=O)[O-])c1.[Br-]. The fourth-order valence-electron chi connectivity index (χ4n) is 3.31. The standard InChI is InChI=1S/C22H18N3O3.BrH/c26-22(18-9-6-10-19(13-18)25(27)28)15-24-16-23(14-17-7-2-1-3-8-17)20-11-4-5-12-21(20)24;/h1-13,16H,14-15H2;1H/q+1;/p-1. The third-order valence-electron chi connectivity index (χ3n) is 4.67. The summed E-state index contributed by atoms with van der Waals surface area (Å²) in [4.78, 5) is 23.2. The van der Waals surface area contributed by atoms with Gasteiger partial charge in [0.15, 0.2) is 17.6 Å². The van der Waals surface area contributed by atoms with Crippen molar-refractivity contribution in [2.24, 2.45) is 0 Å². The molecule has 4 aromatic rings. The monoisotopic (exact) mass is 451 g/mol. The maximum absolute atomic E-state index is 12.7. The molecule has 0 fully saturated rings. The largest absolute Gasteiger partial charge is 1.00 e. The van der Waals surface area contributed by atoms with E-state index in [1.54, 1.807) is 6.07 Å². The number of aromatic nitrogens is 2. The second-order valence-corrected chi connectivity index (χ2v) is 6.58. The average molecular weight is 452 g/mol. The summed E-state index contributed by atoms with van der Waals surface area (Å²) in [5, 5.41) is 11.0. The fourth-order valence-corrected chi connectivity index (χ4v) is 3.31. The van der Waals surface area contributed by atoms with E-state index in [4.69, 9.17) is 0 Å². The number of hydrogen-bond acceptors (Lipinski definition) is 3. The Balaban J connectivity index is 0.00000240. The van der Waals surface area contributed by atoms with Gasteiger partial charge in [-0.2, -0.15) is 0 Å². The van der Waals surface area contributed by atoms with Crippen molar-refractivity contribution in [3.63, 3.8) is 0 Å². The number of benzene rings is 3. The molecule has 0 saturated carbocycles. The highest BCUT2D eigenvalue weighted by Crippen LogP contribution is 2.16. The first kappa shape index (κ1) is 20.4. The summed E-state index contributed by atoms with van der Waals surface area (Å²) >= 11 is 0. The van der Waals surface area contributed by atoms with Crippen LogP contribution in [0.5, 0.6) is 0 Å². The van der Waals surface area contributed by atoms with Crippen LogP contribution >= 0.6 is 0 Å². The van der Waals surface area contributed by atoms with Crippen LogP contribution < -0.4 is 21.5 Å². The summed E-state index contributed by atoms with van der Waals surface area (Å²) in [6, 6.07) is 23.9. The lowest BCUT2D eigenvalue weighted by Gasteiger charge is -2.00. The molecule has 0 aliphatic rings. The van der Waals surface area contributed by atoms with Crippen molar-refractivity contribution in [1.29, 1.82) is 0 Å². The topological polar surface area (TPSA) is 69.0 Å². The van der Waals surface area contributed by atoms with Gasteiger partial charge in [0.25, 0.3) is 5.69 Å². The van der Waals surface area contributed by atoms with Gasteiger partial charge < -0.3 is 17.0 Å². The molecule has 7 heteroatoms. The second-order valence-electron chi connectivity index (χ2n) is 6.58. The van der Waals surface area contributed by atoms with Crippen LogP contribution in [0.2, 0.25) is 0 Å². The minimum Gasteiger partial charge on any atom is -1.00 e. The number of ketones is 1. The number of halogens is 1. The Kier molecular flexibility index (Phi) is 6.19. The first-order chi connectivity index (χ1) is 13.6. The molecule has 4 rings (SSSR count). The first-order valence-electron chi connectivity index (χ1n) is 8.91. The van der Waals surface area contributed by atoms with E-state index >= 15 is 0 Å². The molecule has 0 saturated heterocycles. The molecule has 0 atom stereocenters. The number of fused-ring (bicyclic) bond motifs is 1. The van der Waals surface area contributed by atoms with Crippen molar-refractivity contribution in [3.05, 3.63) is 106 Å². The van der Waals surface area contributed by atoms with Gasteiger partial charge in [-0.05, 0) is 17.7 Å². The number of non-ortho nitro benzene ring substituents is 1. The summed E-state index contributed by atoms with van der Waals surface area (Å²) in [7, 11) is 0. The molecule has 0 spiro atoms. The molecule has 6 nitrogen and oxygen atoms in total. The number of nitro benzene ring substituents is 1. The van der Waals surface area contributed by atoms with Crippen LogP contribution in [0.3, 0.4) is 0 Å². The number of nitrogens with zero attached hydrogens (tertiary/aromatic N) is 3. The van der Waals surface area contributed by atoms with Gasteiger partial charge in [-0.3, -0.25) is 14.9 Å². The lowest BCUT2D eigenvalue weighted by atomic mass is 10.1. The van der Waals surface area contributed by atoms with Crippen LogP contribution in [-0.4, -0.2) is 15.3 Å². The molecule has 3 aromatic carbocycles. The lowest BCUT2D eigenvalue weighted by molar-refractivity contribution is -0.663. The number of Topliss-reactive ketones (excluding diaryl/α,β-unsaturated/α-hetero) is 1. The van der Waals surface area contributed by atoms with E-state index in [9.17, 15) is 14.9 Å². The van der Waals surface area contributed by atoms with Crippen LogP contribution in [0.4, 0.5) is 5.69 Å². The predicted octanol–water partition coefficient (Wildman–Crippen LogP) is 0.772. The van der Waals surface area contributed by atoms with Crippen molar-refractivity contribution in [3.8, 4) is 0 Å². The summed E-state index contributed by atoms with van der Waals surface area (Å²) in [6.07, 6.45) is 1.92. The molecular formula is C22H18BrN3O3. The third kappa shape index (κ3) is 4.41. The Bertz CT molecular complexity index is 1170. The molecule has 0 aliphatic carbocycles. The molecule has 0 aliphatic heterocycles. The van der Waals surface area contributed by atoms with Crippen molar-refractivity contribution in [2.45, 2.75) is 13.1 Å². The summed E-state index contributed by atoms with van der Waals surface area (Å²) in [6.45, 7) is 0.808. The smallest absolute Gasteiger partial charge is 0.270 e. The van der Waals surface area contributed by atoms with E-state index in [-0.39, 0.29) is 35.0 Å². The number of carbonyl (C=O) groups excluding carboxylic acids is 1. The van der Waals surface area contributed by atoms with Crippen LogP contribution in [0.1, 0.15) is 15.9 Å². The van der Waals surface area contributed by atoms with Crippen molar-refractivity contribution in [2.75, 3.05) is 0 Å². The third-order valence-corrected chi connectivity index (χ3v) is 4.67. The zero-order valence-corrected chi connectivity index (χ0v) is 17.0. The van der Waals surface area contributed by atoms with E-state index in [0.29, 0.717) is 12.1 Å². The molecule has 0 radical (unpaired) electrons. The van der Waals surface area contributed by atoms with Gasteiger partial charge in [-0.15, -0.1) is 0 Å². The quantitative estimate of drug-likeness (QED) is 0.188. The Morgan fingerprint density at radius 1 is 0.966 bits per heavy atom. The van der Waals surface area contributed by atoms with E-state index in [2.05, 4.69) is 16.7 Å². The van der Waals surface area contributed by atoms with Gasteiger partial charge in [0.1, 0.15) is 6.54 Å². The maximum atomic E-state index is 12.7. The minimum absolute atomic E-state index is 0. The van der Waals surface area contributed by atoms with Gasteiger partial charge >= 0.3 is 0 Å². The Morgan fingerprint density at radius 2 is 1.69 bits per heavy atom. The number of carbonyl (C=O) groups is 1. The lowest BCUT2D eigenvalue weighted by Crippen LogP contribution is -3.00. The maximum Gasteiger partial charge on any atom is 0.270 e. The van der Waals surface area contributed by atoms with E-state index in [0.717, 1.165) is 11.0 Å². The molecule has 0 amide bonds. The van der Waals surface area contributed by atoms with E-state index in [1.807, 2.05) is 53.4 Å². The van der Waals surface area contributed by atoms with Gasteiger partial charge in [0.2, 0.25) is 12.1 Å². The number of nitro groups is 1. The van der Waals surface area contributed by atoms with Gasteiger partial charge in [-0.1, -0.05) is 54.6 Å². The van der Waals surface area contributed by atoms with Crippen molar-refractivity contribution < 1.29 is 31.3 Å². The number of hydrogen-bond donors (Lipinski definition) is 0. The molecule has 29 heavy (non-hydrogen) atoms. The zero-order chi connectivity index (χ0) is 19.5. The summed E-state index contributed by atoms with van der Waals surface area (Å²) < 4.78 is 3.99. The fraction of sp³-hybridized carbons (Fsp3) is 0.0909.